The molecule has 1 atom stereocenters. The van der Waals surface area contributed by atoms with Gasteiger partial charge in [-0.1, -0.05) is 12.2 Å². The molecule has 1 fully saturated rings. The van der Waals surface area contributed by atoms with Crippen molar-refractivity contribution < 1.29 is 14.4 Å². The van der Waals surface area contributed by atoms with Crippen molar-refractivity contribution in [1.29, 1.82) is 0 Å². The first-order valence-electron chi connectivity index (χ1n) is 4.97. The number of allylic oxidation sites excluding steroid dienone is 1. The number of rotatable bonds is 2. The lowest BCUT2D eigenvalue weighted by atomic mass is 9.81. The van der Waals surface area contributed by atoms with Crippen LogP contribution in [0.5, 0.6) is 0 Å². The molecule has 0 aromatic carbocycles. The van der Waals surface area contributed by atoms with Gasteiger partial charge in [-0.25, -0.2) is 0 Å². The Kier molecular flexibility index (Phi) is 3.09. The third-order valence-corrected chi connectivity index (χ3v) is 2.94. The third kappa shape index (κ3) is 2.02. The maximum atomic E-state index is 9.68. The highest BCUT2D eigenvalue weighted by atomic mass is 16.7. The zero-order valence-electron chi connectivity index (χ0n) is 9.57. The van der Waals surface area contributed by atoms with Crippen molar-refractivity contribution in [1.82, 2.24) is 0 Å². The fourth-order valence-corrected chi connectivity index (χ4v) is 1.32. The summed E-state index contributed by atoms with van der Waals surface area (Å²) < 4.78 is 11.3. The Morgan fingerprint density at radius 3 is 1.93 bits per heavy atom. The molecular weight excluding hydrogens is 179 g/mol. The molecule has 0 radical (unpaired) electrons. The molecule has 0 amide bonds. The van der Waals surface area contributed by atoms with Crippen LogP contribution in [0.25, 0.3) is 0 Å². The van der Waals surface area contributed by atoms with Crippen LogP contribution in [0, 0.1) is 0 Å². The van der Waals surface area contributed by atoms with Crippen molar-refractivity contribution in [2.45, 2.75) is 51.8 Å². The quantitative estimate of drug-likeness (QED) is 0.540. The second-order valence-corrected chi connectivity index (χ2v) is 4.64. The molecule has 0 saturated carbocycles. The van der Waals surface area contributed by atoms with Crippen LogP contribution in [0.1, 0.15) is 34.6 Å². The van der Waals surface area contributed by atoms with Gasteiger partial charge in [-0.3, -0.25) is 0 Å². The van der Waals surface area contributed by atoms with Crippen LogP contribution < -0.4 is 0 Å². The second kappa shape index (κ2) is 3.68. The van der Waals surface area contributed by atoms with Gasteiger partial charge in [0.05, 0.1) is 11.2 Å². The van der Waals surface area contributed by atoms with E-state index in [1.165, 1.54) is 0 Å². The van der Waals surface area contributed by atoms with E-state index in [-0.39, 0.29) is 11.2 Å². The first kappa shape index (κ1) is 11.8. The number of aliphatic hydroxyl groups is 1. The largest absolute Gasteiger partial charge is 0.492 e. The number of aliphatic hydroxyl groups excluding tert-OH is 1. The molecule has 0 bridgehead atoms. The topological polar surface area (TPSA) is 38.7 Å². The number of hydrogen-bond donors (Lipinski definition) is 1. The average Bonchev–Trinajstić information content (AvgIpc) is 2.22. The molecule has 1 rings (SSSR count). The maximum Gasteiger partial charge on any atom is 0.492 e. The van der Waals surface area contributed by atoms with Crippen molar-refractivity contribution in [2.75, 3.05) is 0 Å². The maximum absolute atomic E-state index is 9.68. The van der Waals surface area contributed by atoms with Gasteiger partial charge in [0.25, 0.3) is 0 Å². The molecule has 4 heteroatoms. The lowest BCUT2D eigenvalue weighted by Crippen LogP contribution is -2.41. The van der Waals surface area contributed by atoms with E-state index >= 15 is 0 Å². The fourth-order valence-electron chi connectivity index (χ4n) is 1.32. The third-order valence-electron chi connectivity index (χ3n) is 2.94. The van der Waals surface area contributed by atoms with Gasteiger partial charge in [0.2, 0.25) is 0 Å². The zero-order valence-corrected chi connectivity index (χ0v) is 9.57. The van der Waals surface area contributed by atoms with Crippen molar-refractivity contribution in [3.05, 3.63) is 12.2 Å². The van der Waals surface area contributed by atoms with E-state index in [0.29, 0.717) is 0 Å². The van der Waals surface area contributed by atoms with E-state index in [4.69, 9.17) is 9.31 Å². The monoisotopic (exact) mass is 198 g/mol. The highest BCUT2D eigenvalue weighted by molar-refractivity contribution is 6.47. The van der Waals surface area contributed by atoms with Crippen LogP contribution in [0.15, 0.2) is 12.2 Å². The van der Waals surface area contributed by atoms with Crippen LogP contribution in [0.2, 0.25) is 0 Å². The predicted molar refractivity (Wildman–Crippen MR) is 56.9 cm³/mol. The predicted octanol–water partition coefficient (Wildman–Crippen LogP) is 1.55. The van der Waals surface area contributed by atoms with Gasteiger partial charge in [-0.15, -0.1) is 0 Å². The molecule has 80 valence electrons. The average molecular weight is 198 g/mol. The molecule has 0 aromatic rings. The first-order valence-corrected chi connectivity index (χ1v) is 4.97. The summed E-state index contributed by atoms with van der Waals surface area (Å²) >= 11 is 0. The van der Waals surface area contributed by atoms with Crippen LogP contribution >= 0.6 is 0 Å². The fraction of sp³-hybridized carbons (Fsp3) is 0.800. The van der Waals surface area contributed by atoms with E-state index in [1.807, 2.05) is 34.6 Å². The zero-order chi connectivity index (χ0) is 11.0. The summed E-state index contributed by atoms with van der Waals surface area (Å²) in [5.41, 5.74) is -0.750. The highest BCUT2D eigenvalue weighted by Crippen LogP contribution is 2.37. The first-order chi connectivity index (χ1) is 6.30. The second-order valence-electron chi connectivity index (χ2n) is 4.64. The summed E-state index contributed by atoms with van der Waals surface area (Å²) in [6.07, 6.45) is 3.46. The van der Waals surface area contributed by atoms with Crippen molar-refractivity contribution in [2.24, 2.45) is 0 Å². The van der Waals surface area contributed by atoms with Gasteiger partial charge < -0.3 is 14.4 Å². The smallest absolute Gasteiger partial charge is 0.401 e. The summed E-state index contributed by atoms with van der Waals surface area (Å²) in [6.45, 7) is 9.73. The van der Waals surface area contributed by atoms with Crippen molar-refractivity contribution in [3.8, 4) is 0 Å². The standard InChI is InChI=1S/C10H19BO3/c1-6-7-8(12)11-13-9(2,3)10(4,5)14-11/h6-8,12H,1-5H3/b7-6+. The minimum absolute atomic E-state index is 0.375. The molecule has 14 heavy (non-hydrogen) atoms. The van der Waals surface area contributed by atoms with Crippen LogP contribution in [-0.4, -0.2) is 29.4 Å². The number of hydrogen-bond acceptors (Lipinski definition) is 3. The van der Waals surface area contributed by atoms with Gasteiger partial charge in [0, 0.05) is 0 Å². The van der Waals surface area contributed by atoms with E-state index in [2.05, 4.69) is 0 Å². The molecule has 1 saturated heterocycles. The normalized spacial score (nSPS) is 27.1. The molecule has 1 unspecified atom stereocenters. The Hall–Kier alpha value is -0.315. The molecule has 0 aromatic heterocycles. The van der Waals surface area contributed by atoms with Gasteiger partial charge in [-0.2, -0.15) is 0 Å². The van der Waals surface area contributed by atoms with Gasteiger partial charge in [0.1, 0.15) is 6.00 Å². The van der Waals surface area contributed by atoms with Crippen LogP contribution in [-0.2, 0) is 9.31 Å². The molecule has 1 heterocycles. The lowest BCUT2D eigenvalue weighted by molar-refractivity contribution is 0.00578. The summed E-state index contributed by atoms with van der Waals surface area (Å²) in [4.78, 5) is 0. The van der Waals surface area contributed by atoms with E-state index < -0.39 is 13.1 Å². The summed E-state index contributed by atoms with van der Waals surface area (Å²) in [5.74, 6) is 0. The SMILES string of the molecule is C/C=C/C(O)B1OC(C)(C)C(C)(C)O1. The Morgan fingerprint density at radius 2 is 1.57 bits per heavy atom. The summed E-state index contributed by atoms with van der Waals surface area (Å²) in [6, 6.07) is -0.693. The highest BCUT2D eigenvalue weighted by Gasteiger charge is 2.53. The molecular formula is C10H19BO3. The van der Waals surface area contributed by atoms with Gasteiger partial charge in [-0.05, 0) is 34.6 Å². The Balaban J connectivity index is 2.72. The molecule has 1 aliphatic rings. The minimum Gasteiger partial charge on any atom is -0.401 e. The molecule has 1 aliphatic heterocycles. The Bertz CT molecular complexity index is 220. The molecule has 0 spiro atoms. The van der Waals surface area contributed by atoms with Crippen LogP contribution in [0.3, 0.4) is 0 Å². The van der Waals surface area contributed by atoms with E-state index in [1.54, 1.807) is 12.2 Å². The van der Waals surface area contributed by atoms with Gasteiger partial charge in [0.15, 0.2) is 0 Å². The molecule has 0 aliphatic carbocycles. The van der Waals surface area contributed by atoms with E-state index in [0.717, 1.165) is 0 Å². The summed E-state index contributed by atoms with van der Waals surface area (Å²) in [5, 5.41) is 9.68. The Labute approximate surface area is 86.2 Å². The van der Waals surface area contributed by atoms with Crippen molar-refractivity contribution >= 4 is 7.12 Å². The lowest BCUT2D eigenvalue weighted by Gasteiger charge is -2.32. The van der Waals surface area contributed by atoms with Crippen LogP contribution in [0.4, 0.5) is 0 Å². The van der Waals surface area contributed by atoms with Gasteiger partial charge >= 0.3 is 7.12 Å². The van der Waals surface area contributed by atoms with Crippen molar-refractivity contribution in [3.63, 3.8) is 0 Å². The Morgan fingerprint density at radius 1 is 1.14 bits per heavy atom. The minimum atomic E-state index is -0.693. The summed E-state index contributed by atoms with van der Waals surface area (Å²) in [7, 11) is -0.559. The van der Waals surface area contributed by atoms with E-state index in [9.17, 15) is 5.11 Å². The molecule has 3 nitrogen and oxygen atoms in total. The molecule has 1 N–H and O–H groups in total.